The summed E-state index contributed by atoms with van der Waals surface area (Å²) in [5.41, 5.74) is 4.19. The number of hydrazone groups is 1. The Hall–Kier alpha value is -2.99. The molecular weight excluding hydrogens is 402 g/mol. The van der Waals surface area contributed by atoms with Gasteiger partial charge in [-0.25, -0.2) is 5.01 Å². The Kier molecular flexibility index (Phi) is 7.00. The van der Waals surface area contributed by atoms with E-state index in [-0.39, 0.29) is 30.5 Å². The SMILES string of the molecule is CCOC(=O)[C@@H]1CCCCN1CC(=O)N1N=C(c2ccccc2)C[C@H]1c1ccc(C)cc1. The van der Waals surface area contributed by atoms with Crippen molar-refractivity contribution in [2.45, 2.75) is 51.6 Å². The van der Waals surface area contributed by atoms with E-state index in [1.807, 2.05) is 42.2 Å². The third-order valence-corrected chi connectivity index (χ3v) is 6.25. The molecule has 0 spiro atoms. The van der Waals surface area contributed by atoms with Crippen molar-refractivity contribution in [2.24, 2.45) is 5.10 Å². The molecule has 32 heavy (non-hydrogen) atoms. The molecule has 0 N–H and O–H groups in total. The molecule has 0 unspecified atom stereocenters. The molecule has 2 aliphatic rings. The van der Waals surface area contributed by atoms with Crippen LogP contribution in [0.4, 0.5) is 0 Å². The highest BCUT2D eigenvalue weighted by molar-refractivity contribution is 6.03. The topological polar surface area (TPSA) is 62.2 Å². The number of ether oxygens (including phenoxy) is 1. The van der Waals surface area contributed by atoms with Crippen LogP contribution in [0, 0.1) is 6.92 Å². The predicted octanol–water partition coefficient (Wildman–Crippen LogP) is 4.09. The van der Waals surface area contributed by atoms with Crippen molar-refractivity contribution in [3.63, 3.8) is 0 Å². The first-order valence-electron chi connectivity index (χ1n) is 11.5. The van der Waals surface area contributed by atoms with E-state index in [1.165, 1.54) is 5.56 Å². The fourth-order valence-electron chi connectivity index (χ4n) is 4.53. The highest BCUT2D eigenvalue weighted by Crippen LogP contribution is 2.33. The Bertz CT molecular complexity index is 972. The number of hydrogen-bond donors (Lipinski definition) is 0. The van der Waals surface area contributed by atoms with E-state index in [2.05, 4.69) is 31.2 Å². The van der Waals surface area contributed by atoms with Gasteiger partial charge in [0.2, 0.25) is 0 Å². The van der Waals surface area contributed by atoms with E-state index in [0.717, 1.165) is 36.1 Å². The van der Waals surface area contributed by atoms with Crippen LogP contribution in [-0.2, 0) is 14.3 Å². The number of rotatable bonds is 6. The Balaban J connectivity index is 1.58. The average molecular weight is 434 g/mol. The zero-order valence-corrected chi connectivity index (χ0v) is 18.9. The Labute approximate surface area is 189 Å². The molecule has 1 saturated heterocycles. The molecule has 168 valence electrons. The first kappa shape index (κ1) is 22.2. The molecule has 2 aliphatic heterocycles. The third kappa shape index (κ3) is 4.91. The molecule has 0 aliphatic carbocycles. The van der Waals surface area contributed by atoms with Crippen molar-refractivity contribution >= 4 is 17.6 Å². The number of aryl methyl sites for hydroxylation is 1. The van der Waals surface area contributed by atoms with Gasteiger partial charge in [-0.3, -0.25) is 14.5 Å². The molecule has 0 saturated carbocycles. The summed E-state index contributed by atoms with van der Waals surface area (Å²) in [6.07, 6.45) is 3.34. The summed E-state index contributed by atoms with van der Waals surface area (Å²) in [6.45, 7) is 5.10. The van der Waals surface area contributed by atoms with Crippen LogP contribution in [0.2, 0.25) is 0 Å². The minimum atomic E-state index is -0.356. The number of piperidine rings is 1. The number of esters is 1. The molecule has 6 heteroatoms. The lowest BCUT2D eigenvalue weighted by Gasteiger charge is -2.34. The number of likely N-dealkylation sites (tertiary alicyclic amines) is 1. The van der Waals surface area contributed by atoms with E-state index < -0.39 is 0 Å². The summed E-state index contributed by atoms with van der Waals surface area (Å²) in [5, 5.41) is 6.40. The van der Waals surface area contributed by atoms with Gasteiger partial charge in [-0.2, -0.15) is 5.10 Å². The number of benzene rings is 2. The van der Waals surface area contributed by atoms with Crippen LogP contribution in [0.3, 0.4) is 0 Å². The summed E-state index contributed by atoms with van der Waals surface area (Å²) in [7, 11) is 0. The largest absolute Gasteiger partial charge is 0.465 e. The van der Waals surface area contributed by atoms with Gasteiger partial charge in [0.25, 0.3) is 5.91 Å². The van der Waals surface area contributed by atoms with Crippen molar-refractivity contribution < 1.29 is 14.3 Å². The smallest absolute Gasteiger partial charge is 0.323 e. The van der Waals surface area contributed by atoms with E-state index in [4.69, 9.17) is 9.84 Å². The van der Waals surface area contributed by atoms with E-state index >= 15 is 0 Å². The summed E-state index contributed by atoms with van der Waals surface area (Å²) >= 11 is 0. The number of carbonyl (C=O) groups is 2. The third-order valence-electron chi connectivity index (χ3n) is 6.25. The van der Waals surface area contributed by atoms with E-state index in [1.54, 1.807) is 5.01 Å². The standard InChI is InChI=1S/C26H31N3O3/c1-3-32-26(31)23-11-7-8-16-28(23)18-25(30)29-24(21-14-12-19(2)13-15-21)17-22(27-29)20-9-5-4-6-10-20/h4-6,9-10,12-15,23-24H,3,7-8,11,16-18H2,1-2H3/t23-,24-/m0/s1. The van der Waals surface area contributed by atoms with Gasteiger partial charge in [-0.1, -0.05) is 66.6 Å². The van der Waals surface area contributed by atoms with Crippen molar-refractivity contribution in [3.05, 3.63) is 71.3 Å². The van der Waals surface area contributed by atoms with Gasteiger partial charge in [-0.15, -0.1) is 0 Å². The quantitative estimate of drug-likeness (QED) is 0.644. The Morgan fingerprint density at radius 1 is 1.06 bits per heavy atom. The Morgan fingerprint density at radius 2 is 1.81 bits per heavy atom. The van der Waals surface area contributed by atoms with Gasteiger partial charge >= 0.3 is 5.97 Å². The summed E-state index contributed by atoms with van der Waals surface area (Å²) in [6, 6.07) is 17.8. The second-order valence-corrected chi connectivity index (χ2v) is 8.52. The molecule has 0 bridgehead atoms. The monoisotopic (exact) mass is 433 g/mol. The van der Waals surface area contributed by atoms with Crippen LogP contribution in [0.15, 0.2) is 59.7 Å². The highest BCUT2D eigenvalue weighted by Gasteiger charge is 2.36. The molecule has 0 radical (unpaired) electrons. The van der Waals surface area contributed by atoms with Crippen LogP contribution < -0.4 is 0 Å². The van der Waals surface area contributed by atoms with Gasteiger partial charge in [0.15, 0.2) is 0 Å². The van der Waals surface area contributed by atoms with Crippen LogP contribution in [0.1, 0.15) is 55.3 Å². The molecule has 2 aromatic carbocycles. The molecule has 2 atom stereocenters. The second-order valence-electron chi connectivity index (χ2n) is 8.52. The molecule has 1 amide bonds. The number of carbonyl (C=O) groups excluding carboxylic acids is 2. The molecule has 6 nitrogen and oxygen atoms in total. The van der Waals surface area contributed by atoms with Crippen molar-refractivity contribution in [2.75, 3.05) is 19.7 Å². The minimum absolute atomic E-state index is 0.0855. The number of nitrogens with zero attached hydrogens (tertiary/aromatic N) is 3. The molecule has 1 fully saturated rings. The maximum Gasteiger partial charge on any atom is 0.323 e. The van der Waals surface area contributed by atoms with Gasteiger partial charge in [0.05, 0.1) is 24.9 Å². The molecular formula is C26H31N3O3. The number of hydrogen-bond acceptors (Lipinski definition) is 5. The molecule has 0 aromatic heterocycles. The summed E-state index contributed by atoms with van der Waals surface area (Å²) in [4.78, 5) is 27.9. The van der Waals surface area contributed by atoms with E-state index in [0.29, 0.717) is 19.6 Å². The zero-order chi connectivity index (χ0) is 22.5. The van der Waals surface area contributed by atoms with Crippen molar-refractivity contribution in [3.8, 4) is 0 Å². The Morgan fingerprint density at radius 3 is 2.53 bits per heavy atom. The lowest BCUT2D eigenvalue weighted by Crippen LogP contribution is -2.49. The summed E-state index contributed by atoms with van der Waals surface area (Å²) < 4.78 is 5.26. The summed E-state index contributed by atoms with van der Waals surface area (Å²) in [5.74, 6) is -0.317. The van der Waals surface area contributed by atoms with Gasteiger partial charge in [-0.05, 0) is 44.4 Å². The van der Waals surface area contributed by atoms with Crippen LogP contribution >= 0.6 is 0 Å². The average Bonchev–Trinajstić information content (AvgIpc) is 3.26. The zero-order valence-electron chi connectivity index (χ0n) is 18.9. The lowest BCUT2D eigenvalue weighted by molar-refractivity contribution is -0.152. The highest BCUT2D eigenvalue weighted by atomic mass is 16.5. The first-order chi connectivity index (χ1) is 15.6. The van der Waals surface area contributed by atoms with Gasteiger partial charge in [0.1, 0.15) is 6.04 Å². The fourth-order valence-corrected chi connectivity index (χ4v) is 4.53. The van der Waals surface area contributed by atoms with E-state index in [9.17, 15) is 9.59 Å². The van der Waals surface area contributed by atoms with Crippen LogP contribution in [-0.4, -0.2) is 53.2 Å². The van der Waals surface area contributed by atoms with Gasteiger partial charge < -0.3 is 4.74 Å². The van der Waals surface area contributed by atoms with Crippen molar-refractivity contribution in [1.82, 2.24) is 9.91 Å². The molecule has 2 aromatic rings. The minimum Gasteiger partial charge on any atom is -0.465 e. The maximum atomic E-state index is 13.5. The molecule has 4 rings (SSSR count). The van der Waals surface area contributed by atoms with Crippen LogP contribution in [0.5, 0.6) is 0 Å². The van der Waals surface area contributed by atoms with Gasteiger partial charge in [0, 0.05) is 6.42 Å². The predicted molar refractivity (Wildman–Crippen MR) is 124 cm³/mol. The molecule has 2 heterocycles. The first-order valence-corrected chi connectivity index (χ1v) is 11.5. The second kappa shape index (κ2) is 10.1. The number of amides is 1. The normalized spacial score (nSPS) is 21.3. The van der Waals surface area contributed by atoms with Crippen LogP contribution in [0.25, 0.3) is 0 Å². The maximum absolute atomic E-state index is 13.5. The lowest BCUT2D eigenvalue weighted by atomic mass is 9.97. The fraction of sp³-hybridized carbons (Fsp3) is 0.423. The van der Waals surface area contributed by atoms with Crippen molar-refractivity contribution in [1.29, 1.82) is 0 Å².